The van der Waals surface area contributed by atoms with Crippen LogP contribution in [0.1, 0.15) is 15.9 Å². The molecule has 1 aliphatic heterocycles. The summed E-state index contributed by atoms with van der Waals surface area (Å²) in [6, 6.07) is 18.4. The van der Waals surface area contributed by atoms with Gasteiger partial charge in [-0.2, -0.15) is 5.01 Å². The Kier molecular flexibility index (Phi) is 5.42. The van der Waals surface area contributed by atoms with E-state index in [2.05, 4.69) is 5.43 Å². The summed E-state index contributed by atoms with van der Waals surface area (Å²) in [5.41, 5.74) is 4.05. The number of hydrazine groups is 1. The molecule has 1 fully saturated rings. The van der Waals surface area contributed by atoms with Crippen molar-refractivity contribution in [2.75, 3.05) is 0 Å². The summed E-state index contributed by atoms with van der Waals surface area (Å²) in [5.74, 6) is -0.713. The molecule has 0 saturated carbocycles. The van der Waals surface area contributed by atoms with Crippen molar-refractivity contribution in [1.29, 1.82) is 0 Å². The van der Waals surface area contributed by atoms with Gasteiger partial charge in [-0.3, -0.25) is 15.0 Å². The fourth-order valence-corrected chi connectivity index (χ4v) is 3.28. The van der Waals surface area contributed by atoms with Crippen LogP contribution in [0.25, 0.3) is 6.08 Å². The monoisotopic (exact) mass is 366 g/mol. The highest BCUT2D eigenvalue weighted by molar-refractivity contribution is 8.26. The van der Waals surface area contributed by atoms with E-state index in [1.165, 1.54) is 0 Å². The highest BCUT2D eigenvalue weighted by atomic mass is 32.2. The molecule has 0 atom stereocenters. The normalized spacial score (nSPS) is 16.0. The number of hydrogen-bond donors (Lipinski definition) is 1. The Hall–Kier alpha value is -2.70. The van der Waals surface area contributed by atoms with E-state index in [4.69, 9.17) is 12.2 Å². The number of nitrogens with one attached hydrogen (secondary N) is 1. The zero-order valence-electron chi connectivity index (χ0n) is 13.1. The lowest BCUT2D eigenvalue weighted by atomic mass is 10.2. The molecule has 2 aromatic rings. The molecule has 0 aromatic heterocycles. The minimum Gasteiger partial charge on any atom is -0.267 e. The van der Waals surface area contributed by atoms with Gasteiger partial charge in [-0.1, -0.05) is 72.4 Å². The number of thiocarbonyl (C=S) groups is 1. The van der Waals surface area contributed by atoms with Gasteiger partial charge in [-0.15, -0.1) is 0 Å². The van der Waals surface area contributed by atoms with Crippen molar-refractivity contribution in [2.45, 2.75) is 0 Å². The van der Waals surface area contributed by atoms with Crippen molar-refractivity contribution in [3.05, 3.63) is 88.8 Å². The Morgan fingerprint density at radius 3 is 2.36 bits per heavy atom. The van der Waals surface area contributed by atoms with E-state index < -0.39 is 0 Å². The molecule has 2 aromatic carbocycles. The molecule has 3 rings (SSSR count). The Balaban J connectivity index is 1.69. The quantitative estimate of drug-likeness (QED) is 0.661. The van der Waals surface area contributed by atoms with Crippen molar-refractivity contribution >= 4 is 46.2 Å². The number of thioether (sulfide) groups is 1. The maximum atomic E-state index is 12.4. The lowest BCUT2D eigenvalue weighted by Gasteiger charge is -2.15. The topological polar surface area (TPSA) is 49.4 Å². The lowest BCUT2D eigenvalue weighted by Crippen LogP contribution is -2.44. The number of rotatable bonds is 4. The SMILES string of the molecule is O=C(NN1C(=O)/C(=C\C=C\c2ccccc2)SC1=S)c1ccccc1. The molecule has 6 heteroatoms. The number of hydrogen-bond acceptors (Lipinski definition) is 4. The maximum Gasteiger partial charge on any atom is 0.285 e. The minimum atomic E-state index is -0.377. The zero-order valence-corrected chi connectivity index (χ0v) is 14.7. The second kappa shape index (κ2) is 7.92. The van der Waals surface area contributed by atoms with Crippen molar-refractivity contribution in [3.63, 3.8) is 0 Å². The van der Waals surface area contributed by atoms with Crippen LogP contribution >= 0.6 is 24.0 Å². The Morgan fingerprint density at radius 2 is 1.68 bits per heavy atom. The molecule has 0 radical (unpaired) electrons. The predicted molar refractivity (Wildman–Crippen MR) is 105 cm³/mol. The average Bonchev–Trinajstić information content (AvgIpc) is 2.91. The summed E-state index contributed by atoms with van der Waals surface area (Å²) in [5, 5.41) is 1.11. The second-order valence-corrected chi connectivity index (χ2v) is 6.79. The third kappa shape index (κ3) is 4.23. The standard InChI is InChI=1S/C19H14N2O2S2/c22-17(15-11-5-2-6-12-15)20-21-18(23)16(25-19(21)24)13-7-10-14-8-3-1-4-9-14/h1-13H,(H,20,22)/b10-7+,16-13+. The zero-order chi connectivity index (χ0) is 17.6. The first-order chi connectivity index (χ1) is 12.1. The summed E-state index contributed by atoms with van der Waals surface area (Å²) in [4.78, 5) is 25.1. The smallest absolute Gasteiger partial charge is 0.267 e. The fraction of sp³-hybridized carbons (Fsp3) is 0. The van der Waals surface area contributed by atoms with Crippen LogP contribution in [0.4, 0.5) is 0 Å². The molecule has 0 bridgehead atoms. The molecule has 25 heavy (non-hydrogen) atoms. The highest BCUT2D eigenvalue weighted by Crippen LogP contribution is 2.29. The van der Waals surface area contributed by atoms with Crippen molar-refractivity contribution in [3.8, 4) is 0 Å². The van der Waals surface area contributed by atoms with Gasteiger partial charge in [0.1, 0.15) is 0 Å². The van der Waals surface area contributed by atoms with E-state index in [1.54, 1.807) is 36.4 Å². The number of benzene rings is 2. The molecule has 1 heterocycles. The average molecular weight is 366 g/mol. The van der Waals surface area contributed by atoms with Gasteiger partial charge in [-0.25, -0.2) is 0 Å². The first kappa shape index (κ1) is 17.1. The van der Waals surface area contributed by atoms with E-state index in [-0.39, 0.29) is 11.8 Å². The third-order valence-electron chi connectivity index (χ3n) is 3.38. The molecule has 4 nitrogen and oxygen atoms in total. The molecule has 0 spiro atoms. The van der Waals surface area contributed by atoms with Crippen molar-refractivity contribution in [2.24, 2.45) is 0 Å². The Labute approximate surface area is 155 Å². The van der Waals surface area contributed by atoms with Gasteiger partial charge < -0.3 is 0 Å². The maximum absolute atomic E-state index is 12.4. The summed E-state index contributed by atoms with van der Waals surface area (Å²) in [6.45, 7) is 0. The Bertz CT molecular complexity index is 862. The predicted octanol–water partition coefficient (Wildman–Crippen LogP) is 3.79. The number of amides is 2. The first-order valence-electron chi connectivity index (χ1n) is 7.51. The summed E-state index contributed by atoms with van der Waals surface area (Å²) in [6.07, 6.45) is 5.39. The second-order valence-electron chi connectivity index (χ2n) is 5.12. The number of carbonyl (C=O) groups is 2. The largest absolute Gasteiger partial charge is 0.285 e. The van der Waals surface area contributed by atoms with Crippen LogP contribution in [0.15, 0.2) is 77.7 Å². The van der Waals surface area contributed by atoms with Crippen molar-refractivity contribution < 1.29 is 9.59 Å². The van der Waals surface area contributed by atoms with E-state index in [0.717, 1.165) is 22.3 Å². The third-order valence-corrected chi connectivity index (χ3v) is 4.70. The minimum absolute atomic E-state index is 0.300. The molecular weight excluding hydrogens is 352 g/mol. The van der Waals surface area contributed by atoms with Crippen LogP contribution in [-0.2, 0) is 4.79 Å². The van der Waals surface area contributed by atoms with Crippen LogP contribution in [0, 0.1) is 0 Å². The van der Waals surface area contributed by atoms with Crippen LogP contribution in [-0.4, -0.2) is 21.1 Å². The summed E-state index contributed by atoms with van der Waals surface area (Å²) < 4.78 is 0.300. The van der Waals surface area contributed by atoms with E-state index in [9.17, 15) is 9.59 Å². The van der Waals surface area contributed by atoms with Crippen molar-refractivity contribution in [1.82, 2.24) is 10.4 Å². The van der Waals surface area contributed by atoms with Gasteiger partial charge in [0.2, 0.25) is 0 Å². The first-order valence-corrected chi connectivity index (χ1v) is 8.73. The lowest BCUT2D eigenvalue weighted by molar-refractivity contribution is -0.123. The highest BCUT2D eigenvalue weighted by Gasteiger charge is 2.33. The van der Waals surface area contributed by atoms with E-state index in [1.807, 2.05) is 42.5 Å². The number of allylic oxidation sites excluding steroid dienone is 2. The Morgan fingerprint density at radius 1 is 1.04 bits per heavy atom. The molecule has 0 unspecified atom stereocenters. The van der Waals surface area contributed by atoms with Crippen LogP contribution in [0.3, 0.4) is 0 Å². The number of carbonyl (C=O) groups excluding carboxylic acids is 2. The fourth-order valence-electron chi connectivity index (χ4n) is 2.14. The number of nitrogens with zero attached hydrogens (tertiary/aromatic N) is 1. The van der Waals surface area contributed by atoms with Gasteiger partial charge in [0.15, 0.2) is 4.32 Å². The van der Waals surface area contributed by atoms with Gasteiger partial charge in [-0.05, 0) is 36.0 Å². The van der Waals surface area contributed by atoms with Gasteiger partial charge in [0.25, 0.3) is 11.8 Å². The van der Waals surface area contributed by atoms with E-state index in [0.29, 0.717) is 14.8 Å². The summed E-state index contributed by atoms with van der Waals surface area (Å²) >= 11 is 6.35. The molecule has 124 valence electrons. The molecule has 2 amide bonds. The molecule has 0 aliphatic carbocycles. The van der Waals surface area contributed by atoms with E-state index >= 15 is 0 Å². The molecule has 1 saturated heterocycles. The van der Waals surface area contributed by atoms with Gasteiger partial charge in [0, 0.05) is 5.56 Å². The van der Waals surface area contributed by atoms with Crippen LogP contribution in [0.2, 0.25) is 0 Å². The van der Waals surface area contributed by atoms with Gasteiger partial charge >= 0.3 is 0 Å². The van der Waals surface area contributed by atoms with Gasteiger partial charge in [0.05, 0.1) is 4.91 Å². The molecular formula is C19H14N2O2S2. The summed E-state index contributed by atoms with van der Waals surface area (Å²) in [7, 11) is 0. The van der Waals surface area contributed by atoms with Crippen LogP contribution in [0.5, 0.6) is 0 Å². The molecule has 1 aliphatic rings. The molecule has 1 N–H and O–H groups in total. The van der Waals surface area contributed by atoms with Crippen LogP contribution < -0.4 is 5.43 Å².